The summed E-state index contributed by atoms with van der Waals surface area (Å²) in [6.07, 6.45) is 9.34. The van der Waals surface area contributed by atoms with Crippen molar-refractivity contribution in [1.82, 2.24) is 5.32 Å². The van der Waals surface area contributed by atoms with E-state index >= 15 is 0 Å². The van der Waals surface area contributed by atoms with Crippen LogP contribution in [0.3, 0.4) is 0 Å². The van der Waals surface area contributed by atoms with Gasteiger partial charge in [-0.25, -0.2) is 0 Å². The van der Waals surface area contributed by atoms with Crippen LogP contribution in [0.5, 0.6) is 0 Å². The van der Waals surface area contributed by atoms with Gasteiger partial charge in [0.1, 0.15) is 0 Å². The van der Waals surface area contributed by atoms with Crippen LogP contribution >= 0.6 is 23.5 Å². The van der Waals surface area contributed by atoms with Crippen molar-refractivity contribution >= 4 is 23.5 Å². The van der Waals surface area contributed by atoms with Gasteiger partial charge in [-0.15, -0.1) is 11.8 Å². The summed E-state index contributed by atoms with van der Waals surface area (Å²) in [5.41, 5.74) is 1.51. The molecule has 1 heterocycles. The smallest absolute Gasteiger partial charge is 0.0427 e. The highest BCUT2D eigenvalue weighted by Crippen LogP contribution is 2.41. The molecule has 1 aliphatic carbocycles. The minimum Gasteiger partial charge on any atom is -0.308 e. The molecule has 0 bridgehead atoms. The van der Waals surface area contributed by atoms with Crippen LogP contribution in [0.4, 0.5) is 0 Å². The average Bonchev–Trinajstić information content (AvgIpc) is 2.89. The summed E-state index contributed by atoms with van der Waals surface area (Å²) in [6, 6.07) is 9.43. The van der Waals surface area contributed by atoms with Crippen molar-refractivity contribution < 1.29 is 0 Å². The summed E-state index contributed by atoms with van der Waals surface area (Å²) in [7, 11) is 0. The van der Waals surface area contributed by atoms with Crippen LogP contribution in [-0.2, 0) is 0 Å². The van der Waals surface area contributed by atoms with E-state index in [2.05, 4.69) is 47.6 Å². The Morgan fingerprint density at radius 1 is 1.26 bits per heavy atom. The molecule has 0 radical (unpaired) electrons. The maximum Gasteiger partial charge on any atom is 0.0427 e. The third-order valence-corrected chi connectivity index (χ3v) is 7.17. The number of fused-ring (bicyclic) bond motifs is 1. The lowest BCUT2D eigenvalue weighted by Gasteiger charge is -2.37. The van der Waals surface area contributed by atoms with Crippen LogP contribution in [0.1, 0.15) is 43.7 Å². The molecule has 0 aromatic heterocycles. The second-order valence-corrected chi connectivity index (χ2v) is 8.07. The first kappa shape index (κ1) is 13.8. The molecular weight excluding hydrogens is 270 g/mol. The Bertz CT molecular complexity index is 427. The molecular formula is C16H23NS2. The zero-order valence-corrected chi connectivity index (χ0v) is 13.3. The molecule has 3 heteroatoms. The Morgan fingerprint density at radius 2 is 2.05 bits per heavy atom. The van der Waals surface area contributed by atoms with Crippen molar-refractivity contribution in [3.05, 3.63) is 29.8 Å². The summed E-state index contributed by atoms with van der Waals surface area (Å²) in [5.74, 6) is 1.20. The van der Waals surface area contributed by atoms with E-state index in [9.17, 15) is 0 Å². The Balaban J connectivity index is 1.63. The second-order valence-electron chi connectivity index (χ2n) is 5.73. The lowest BCUT2D eigenvalue weighted by atomic mass is 9.88. The monoisotopic (exact) mass is 293 g/mol. The molecule has 0 spiro atoms. The maximum absolute atomic E-state index is 3.86. The Labute approximate surface area is 125 Å². The molecule has 0 amide bonds. The SMILES string of the molecule is CSC1(CNC2CSc3ccccc32)CCCCC1. The molecule has 1 aromatic rings. The zero-order valence-electron chi connectivity index (χ0n) is 11.7. The third-order valence-electron chi connectivity index (χ3n) is 4.57. The summed E-state index contributed by atoms with van der Waals surface area (Å²) in [6.45, 7) is 1.17. The van der Waals surface area contributed by atoms with Crippen molar-refractivity contribution in [1.29, 1.82) is 0 Å². The van der Waals surface area contributed by atoms with Crippen molar-refractivity contribution in [3.63, 3.8) is 0 Å². The summed E-state index contributed by atoms with van der Waals surface area (Å²) in [4.78, 5) is 1.47. The molecule has 1 nitrogen and oxygen atoms in total. The number of benzene rings is 1. The zero-order chi connectivity index (χ0) is 13.1. The topological polar surface area (TPSA) is 12.0 Å². The minimum absolute atomic E-state index is 0.500. The molecule has 1 unspecified atom stereocenters. The molecule has 19 heavy (non-hydrogen) atoms. The first-order valence-electron chi connectivity index (χ1n) is 7.33. The van der Waals surface area contributed by atoms with Gasteiger partial charge in [-0.3, -0.25) is 0 Å². The Kier molecular flexibility index (Phi) is 4.45. The first-order chi connectivity index (χ1) is 9.33. The molecule has 1 saturated carbocycles. The number of hydrogen-bond acceptors (Lipinski definition) is 3. The van der Waals surface area contributed by atoms with Gasteiger partial charge in [0.25, 0.3) is 0 Å². The summed E-state index contributed by atoms with van der Waals surface area (Å²) in [5, 5.41) is 3.86. The average molecular weight is 294 g/mol. The van der Waals surface area contributed by atoms with Crippen molar-refractivity contribution in [2.75, 3.05) is 18.6 Å². The highest BCUT2D eigenvalue weighted by Gasteiger charge is 2.32. The predicted molar refractivity (Wildman–Crippen MR) is 87.2 cm³/mol. The second kappa shape index (κ2) is 6.11. The van der Waals surface area contributed by atoms with Gasteiger partial charge in [-0.2, -0.15) is 11.8 Å². The highest BCUT2D eigenvalue weighted by molar-refractivity contribution is 8.00. The summed E-state index contributed by atoms with van der Waals surface area (Å²) < 4.78 is 0.500. The van der Waals surface area contributed by atoms with E-state index in [4.69, 9.17) is 0 Å². The van der Waals surface area contributed by atoms with Crippen molar-refractivity contribution in [3.8, 4) is 0 Å². The molecule has 1 aromatic carbocycles. The van der Waals surface area contributed by atoms with Crippen molar-refractivity contribution in [2.24, 2.45) is 0 Å². The lowest BCUT2D eigenvalue weighted by molar-refractivity contribution is 0.368. The minimum atomic E-state index is 0.500. The van der Waals surface area contributed by atoms with Gasteiger partial charge in [0.05, 0.1) is 0 Å². The molecule has 1 atom stereocenters. The number of rotatable bonds is 4. The fourth-order valence-electron chi connectivity index (χ4n) is 3.29. The maximum atomic E-state index is 3.86. The van der Waals surface area contributed by atoms with E-state index in [1.54, 1.807) is 0 Å². The summed E-state index contributed by atoms with van der Waals surface area (Å²) >= 11 is 4.09. The normalized spacial score (nSPS) is 25.2. The van der Waals surface area contributed by atoms with E-state index in [0.29, 0.717) is 10.8 Å². The predicted octanol–water partition coefficient (Wildman–Crippen LogP) is 4.49. The van der Waals surface area contributed by atoms with Gasteiger partial charge in [0.15, 0.2) is 0 Å². The fourth-order valence-corrected chi connectivity index (χ4v) is 5.41. The van der Waals surface area contributed by atoms with Crippen molar-refractivity contribution in [2.45, 2.75) is 47.8 Å². The van der Waals surface area contributed by atoms with Crippen LogP contribution in [0.2, 0.25) is 0 Å². The standard InChI is InChI=1S/C16H23NS2/c1-18-16(9-5-2-6-10-16)12-17-14-11-19-15-8-4-3-7-13(14)15/h3-4,7-8,14,17H,2,5-6,9-12H2,1H3. The van der Waals surface area contributed by atoms with Crippen LogP contribution in [0.25, 0.3) is 0 Å². The van der Waals surface area contributed by atoms with Crippen LogP contribution in [0, 0.1) is 0 Å². The van der Waals surface area contributed by atoms with Gasteiger partial charge >= 0.3 is 0 Å². The van der Waals surface area contributed by atoms with Gasteiger partial charge < -0.3 is 5.32 Å². The number of nitrogens with one attached hydrogen (secondary N) is 1. The van der Waals surface area contributed by atoms with Gasteiger partial charge in [0.2, 0.25) is 0 Å². The number of thioether (sulfide) groups is 2. The van der Waals surface area contributed by atoms with E-state index in [1.165, 1.54) is 54.9 Å². The Hall–Kier alpha value is -0.120. The van der Waals surface area contributed by atoms with E-state index in [-0.39, 0.29) is 0 Å². The lowest BCUT2D eigenvalue weighted by Crippen LogP contribution is -2.40. The third kappa shape index (κ3) is 2.98. The first-order valence-corrected chi connectivity index (χ1v) is 9.54. The quantitative estimate of drug-likeness (QED) is 0.878. The van der Waals surface area contributed by atoms with E-state index in [0.717, 1.165) is 0 Å². The van der Waals surface area contributed by atoms with Gasteiger partial charge in [-0.05, 0) is 30.7 Å². The van der Waals surface area contributed by atoms with Gasteiger partial charge in [0, 0.05) is 28.0 Å². The van der Waals surface area contributed by atoms with Gasteiger partial charge in [-0.1, -0.05) is 37.5 Å². The molecule has 104 valence electrons. The van der Waals surface area contributed by atoms with Crippen LogP contribution in [-0.4, -0.2) is 23.3 Å². The molecule has 1 N–H and O–H groups in total. The molecule has 0 saturated heterocycles. The largest absolute Gasteiger partial charge is 0.308 e. The molecule has 1 fully saturated rings. The highest BCUT2D eigenvalue weighted by atomic mass is 32.2. The molecule has 1 aliphatic heterocycles. The molecule has 3 rings (SSSR count). The molecule has 2 aliphatic rings. The van der Waals surface area contributed by atoms with Crippen LogP contribution < -0.4 is 5.32 Å². The van der Waals surface area contributed by atoms with E-state index in [1.807, 2.05) is 11.8 Å². The number of hydrogen-bond donors (Lipinski definition) is 1. The Morgan fingerprint density at radius 3 is 2.84 bits per heavy atom. The van der Waals surface area contributed by atoms with Crippen LogP contribution in [0.15, 0.2) is 29.2 Å². The fraction of sp³-hybridized carbons (Fsp3) is 0.625. The van der Waals surface area contributed by atoms with E-state index < -0.39 is 0 Å².